The highest BCUT2D eigenvalue weighted by molar-refractivity contribution is 7.89. The van der Waals surface area contributed by atoms with Gasteiger partial charge in [0.1, 0.15) is 12.4 Å². The van der Waals surface area contributed by atoms with Crippen LogP contribution in [0.25, 0.3) is 0 Å². The van der Waals surface area contributed by atoms with E-state index < -0.39 is 10.0 Å². The zero-order valence-corrected chi connectivity index (χ0v) is 12.5. The third-order valence-corrected chi connectivity index (χ3v) is 3.97. The first-order chi connectivity index (χ1) is 9.55. The molecule has 0 fully saturated rings. The van der Waals surface area contributed by atoms with E-state index in [-0.39, 0.29) is 12.4 Å². The quantitative estimate of drug-likeness (QED) is 0.497. The van der Waals surface area contributed by atoms with Crippen LogP contribution >= 0.6 is 0 Å². The Labute approximate surface area is 120 Å². The molecule has 0 bridgehead atoms. The van der Waals surface area contributed by atoms with Crippen LogP contribution in [0.3, 0.4) is 0 Å². The lowest BCUT2D eigenvalue weighted by atomic mass is 10.3. The normalized spacial score (nSPS) is 11.4. The highest BCUT2D eigenvalue weighted by atomic mass is 32.2. The Hall–Kier alpha value is -1.31. The van der Waals surface area contributed by atoms with E-state index in [1.807, 2.05) is 0 Å². The third kappa shape index (κ3) is 6.74. The van der Waals surface area contributed by atoms with Gasteiger partial charge in [-0.3, -0.25) is 0 Å². The SMILES string of the molecule is COCCCCNS(=O)(=O)CCOc1ccccc1N. The van der Waals surface area contributed by atoms with E-state index in [4.69, 9.17) is 15.2 Å². The highest BCUT2D eigenvalue weighted by Gasteiger charge is 2.10. The number of methoxy groups -OCH3 is 1. The van der Waals surface area contributed by atoms with Crippen LogP contribution in [-0.4, -0.2) is 41.0 Å². The molecule has 20 heavy (non-hydrogen) atoms. The smallest absolute Gasteiger partial charge is 0.214 e. The summed E-state index contributed by atoms with van der Waals surface area (Å²) in [6.07, 6.45) is 1.58. The Morgan fingerprint density at radius 2 is 1.95 bits per heavy atom. The molecule has 0 amide bonds. The zero-order valence-electron chi connectivity index (χ0n) is 11.7. The molecule has 0 unspecified atom stereocenters. The molecule has 0 heterocycles. The van der Waals surface area contributed by atoms with Crippen molar-refractivity contribution >= 4 is 15.7 Å². The van der Waals surface area contributed by atoms with E-state index in [0.29, 0.717) is 24.6 Å². The maximum atomic E-state index is 11.7. The number of sulfonamides is 1. The van der Waals surface area contributed by atoms with E-state index in [0.717, 1.165) is 12.8 Å². The molecular formula is C13H22N2O4S. The van der Waals surface area contributed by atoms with Gasteiger partial charge >= 0.3 is 0 Å². The summed E-state index contributed by atoms with van der Waals surface area (Å²) in [4.78, 5) is 0. The van der Waals surface area contributed by atoms with Crippen LogP contribution in [-0.2, 0) is 14.8 Å². The molecule has 1 aromatic rings. The van der Waals surface area contributed by atoms with Crippen LogP contribution in [0.2, 0.25) is 0 Å². The molecule has 0 aliphatic heterocycles. The summed E-state index contributed by atoms with van der Waals surface area (Å²) in [5.41, 5.74) is 6.19. The molecule has 1 aromatic carbocycles. The van der Waals surface area contributed by atoms with Crippen molar-refractivity contribution in [3.8, 4) is 5.75 Å². The zero-order chi connectivity index (χ0) is 14.8. The maximum absolute atomic E-state index is 11.7. The molecule has 0 saturated carbocycles. The van der Waals surface area contributed by atoms with Crippen molar-refractivity contribution in [2.45, 2.75) is 12.8 Å². The first kappa shape index (κ1) is 16.7. The summed E-state index contributed by atoms with van der Waals surface area (Å²) in [6.45, 7) is 1.12. The van der Waals surface area contributed by atoms with Crippen molar-refractivity contribution in [1.82, 2.24) is 4.72 Å². The van der Waals surface area contributed by atoms with Gasteiger partial charge in [0.05, 0.1) is 11.4 Å². The molecule has 0 aliphatic carbocycles. The second-order valence-corrected chi connectivity index (χ2v) is 6.23. The third-order valence-electron chi connectivity index (χ3n) is 2.63. The van der Waals surface area contributed by atoms with Gasteiger partial charge in [-0.15, -0.1) is 0 Å². The maximum Gasteiger partial charge on any atom is 0.214 e. The topological polar surface area (TPSA) is 90.6 Å². The minimum absolute atomic E-state index is 0.0710. The molecule has 0 aromatic heterocycles. The molecule has 7 heteroatoms. The van der Waals surface area contributed by atoms with E-state index in [1.54, 1.807) is 31.4 Å². The summed E-state index contributed by atoms with van der Waals surface area (Å²) >= 11 is 0. The van der Waals surface area contributed by atoms with Gasteiger partial charge in [-0.05, 0) is 25.0 Å². The number of benzene rings is 1. The Balaban J connectivity index is 2.24. The Kier molecular flexibility index (Phi) is 7.35. The first-order valence-corrected chi connectivity index (χ1v) is 8.14. The fourth-order valence-electron chi connectivity index (χ4n) is 1.54. The summed E-state index contributed by atoms with van der Waals surface area (Å²) in [7, 11) is -1.69. The van der Waals surface area contributed by atoms with Crippen LogP contribution in [0.15, 0.2) is 24.3 Å². The van der Waals surface area contributed by atoms with Crippen molar-refractivity contribution < 1.29 is 17.9 Å². The molecule has 0 radical (unpaired) electrons. The lowest BCUT2D eigenvalue weighted by Gasteiger charge is -2.09. The van der Waals surface area contributed by atoms with E-state index in [2.05, 4.69) is 4.72 Å². The van der Waals surface area contributed by atoms with E-state index in [9.17, 15) is 8.42 Å². The number of unbranched alkanes of at least 4 members (excludes halogenated alkanes) is 1. The monoisotopic (exact) mass is 302 g/mol. The molecular weight excluding hydrogens is 280 g/mol. The fourth-order valence-corrected chi connectivity index (χ4v) is 2.45. The molecule has 0 saturated heterocycles. The molecule has 6 nitrogen and oxygen atoms in total. The van der Waals surface area contributed by atoms with Gasteiger partial charge in [0.15, 0.2) is 0 Å². The van der Waals surface area contributed by atoms with Gasteiger partial charge in [-0.25, -0.2) is 13.1 Å². The van der Waals surface area contributed by atoms with Crippen LogP contribution in [0.1, 0.15) is 12.8 Å². The minimum atomic E-state index is -3.31. The van der Waals surface area contributed by atoms with E-state index >= 15 is 0 Å². The van der Waals surface area contributed by atoms with Crippen LogP contribution in [0.5, 0.6) is 5.75 Å². The lowest BCUT2D eigenvalue weighted by molar-refractivity contribution is 0.193. The number of hydrogen-bond acceptors (Lipinski definition) is 5. The number of hydrogen-bond donors (Lipinski definition) is 2. The summed E-state index contributed by atoms with van der Waals surface area (Å²) < 4.78 is 36.1. The molecule has 114 valence electrons. The number of ether oxygens (including phenoxy) is 2. The number of nitrogens with two attached hydrogens (primary N) is 1. The largest absolute Gasteiger partial charge is 0.490 e. The number of para-hydroxylation sites is 2. The number of nitrogens with one attached hydrogen (secondary N) is 1. The fraction of sp³-hybridized carbons (Fsp3) is 0.538. The lowest BCUT2D eigenvalue weighted by Crippen LogP contribution is -2.30. The van der Waals surface area contributed by atoms with Gasteiger partial charge in [0.25, 0.3) is 0 Å². The van der Waals surface area contributed by atoms with Crippen molar-refractivity contribution in [3.05, 3.63) is 24.3 Å². The van der Waals surface area contributed by atoms with E-state index in [1.165, 1.54) is 0 Å². The second-order valence-electron chi connectivity index (χ2n) is 4.30. The molecule has 0 spiro atoms. The van der Waals surface area contributed by atoms with Crippen LogP contribution in [0, 0.1) is 0 Å². The number of nitrogen functional groups attached to an aromatic ring is 1. The summed E-state index contributed by atoms with van der Waals surface area (Å²) in [6, 6.07) is 6.99. The number of anilines is 1. The van der Waals surface area contributed by atoms with Gasteiger partial charge in [-0.1, -0.05) is 12.1 Å². The predicted molar refractivity (Wildman–Crippen MR) is 79.2 cm³/mol. The van der Waals surface area contributed by atoms with Crippen molar-refractivity contribution in [2.75, 3.05) is 38.4 Å². The van der Waals surface area contributed by atoms with Crippen molar-refractivity contribution in [3.63, 3.8) is 0 Å². The van der Waals surface area contributed by atoms with Gasteiger partial charge in [0.2, 0.25) is 10.0 Å². The average molecular weight is 302 g/mol. The molecule has 0 aliphatic rings. The van der Waals surface area contributed by atoms with Crippen LogP contribution in [0.4, 0.5) is 5.69 Å². The Morgan fingerprint density at radius 1 is 1.20 bits per heavy atom. The molecule has 3 N–H and O–H groups in total. The van der Waals surface area contributed by atoms with Crippen LogP contribution < -0.4 is 15.2 Å². The van der Waals surface area contributed by atoms with Gasteiger partial charge in [-0.2, -0.15) is 0 Å². The highest BCUT2D eigenvalue weighted by Crippen LogP contribution is 2.19. The van der Waals surface area contributed by atoms with Crippen molar-refractivity contribution in [1.29, 1.82) is 0 Å². The van der Waals surface area contributed by atoms with Gasteiger partial charge in [0, 0.05) is 20.3 Å². The Morgan fingerprint density at radius 3 is 2.65 bits per heavy atom. The molecule has 1 rings (SSSR count). The summed E-state index contributed by atoms with van der Waals surface area (Å²) in [5, 5.41) is 0. The summed E-state index contributed by atoms with van der Waals surface area (Å²) in [5.74, 6) is 0.411. The first-order valence-electron chi connectivity index (χ1n) is 6.49. The molecule has 0 atom stereocenters. The van der Waals surface area contributed by atoms with Gasteiger partial charge < -0.3 is 15.2 Å². The average Bonchev–Trinajstić information content (AvgIpc) is 2.40. The van der Waals surface area contributed by atoms with Crippen molar-refractivity contribution in [2.24, 2.45) is 0 Å². The Bertz CT molecular complexity index is 491. The predicted octanol–water partition coefficient (Wildman–Crippen LogP) is 0.994. The second kappa shape index (κ2) is 8.78. The number of rotatable bonds is 10. The minimum Gasteiger partial charge on any atom is -0.490 e. The standard InChI is InChI=1S/C13H22N2O4S/c1-18-9-5-4-8-15-20(16,17)11-10-19-13-7-3-2-6-12(13)14/h2-3,6-7,15H,4-5,8-11,14H2,1H3.